The summed E-state index contributed by atoms with van der Waals surface area (Å²) in [4.78, 5) is 41.1. The lowest BCUT2D eigenvalue weighted by Crippen LogP contribution is -2.57. The number of nitrogens with zero attached hydrogens (tertiary/aromatic N) is 1. The number of ketones is 1. The van der Waals surface area contributed by atoms with Crippen LogP contribution >= 0.6 is 0 Å². The molecule has 2 heterocycles. The van der Waals surface area contributed by atoms with Crippen molar-refractivity contribution in [1.29, 1.82) is 0 Å². The number of hydrogen-bond donors (Lipinski definition) is 1. The van der Waals surface area contributed by atoms with Crippen molar-refractivity contribution in [3.05, 3.63) is 35.4 Å². The number of hydrogen-bond acceptors (Lipinski definition) is 4. The van der Waals surface area contributed by atoms with Crippen molar-refractivity contribution in [2.45, 2.75) is 83.1 Å². The first-order valence-electron chi connectivity index (χ1n) is 13.8. The maximum absolute atomic E-state index is 13.2. The highest BCUT2D eigenvalue weighted by Crippen LogP contribution is 2.51. The fourth-order valence-electron chi connectivity index (χ4n) is 6.80. The lowest BCUT2D eigenvalue weighted by Gasteiger charge is -2.53. The first-order chi connectivity index (χ1) is 17.0. The third-order valence-corrected chi connectivity index (χ3v) is 8.98. The summed E-state index contributed by atoms with van der Waals surface area (Å²) in [7, 11) is 0. The molecule has 6 nitrogen and oxygen atoms in total. The van der Waals surface area contributed by atoms with Crippen LogP contribution in [0.25, 0.3) is 0 Å². The molecule has 0 aromatic heterocycles. The smallest absolute Gasteiger partial charge is 0.251 e. The first-order valence-corrected chi connectivity index (χ1v) is 13.8. The Morgan fingerprint density at radius 2 is 1.86 bits per heavy atom. The van der Waals surface area contributed by atoms with Crippen LogP contribution in [0.4, 0.5) is 0 Å². The fraction of sp³-hybridized carbons (Fsp3) is 0.690. The Labute approximate surface area is 209 Å². The Bertz CT molecular complexity index is 942. The number of piperidine rings is 1. The van der Waals surface area contributed by atoms with Crippen molar-refractivity contribution < 1.29 is 19.1 Å². The number of carbonyl (C=O) groups excluding carboxylic acids is 3. The second kappa shape index (κ2) is 10.4. The number of benzene rings is 1. The van der Waals surface area contributed by atoms with Gasteiger partial charge < -0.3 is 15.0 Å². The minimum atomic E-state index is -0.383. The molecule has 2 aliphatic heterocycles. The summed E-state index contributed by atoms with van der Waals surface area (Å²) in [5, 5.41) is 3.10. The number of carbonyl (C=O) groups is 3. The minimum Gasteiger partial charge on any atom is -0.380 e. The van der Waals surface area contributed by atoms with E-state index in [1.165, 1.54) is 6.42 Å². The number of amides is 2. The van der Waals surface area contributed by atoms with Gasteiger partial charge in [0.15, 0.2) is 5.78 Å². The van der Waals surface area contributed by atoms with Crippen LogP contribution in [0.5, 0.6) is 0 Å². The van der Waals surface area contributed by atoms with Crippen LogP contribution in [0, 0.1) is 17.3 Å². The molecule has 5 rings (SSSR count). The van der Waals surface area contributed by atoms with E-state index in [9.17, 15) is 14.4 Å². The molecular weight excluding hydrogens is 440 g/mol. The number of nitrogens with one attached hydrogen (secondary N) is 1. The second-order valence-corrected chi connectivity index (χ2v) is 11.5. The van der Waals surface area contributed by atoms with E-state index in [2.05, 4.69) is 16.3 Å². The van der Waals surface area contributed by atoms with E-state index in [4.69, 9.17) is 4.74 Å². The molecule has 2 saturated carbocycles. The summed E-state index contributed by atoms with van der Waals surface area (Å²) in [6, 6.07) is 7.45. The SMILES string of the molecule is CCC(=O)C(NC(=O)c1cccc(C2CCCN(C(=O)C3CC4(COC4)C3)C2)c1)C1CCCCC1. The number of ether oxygens (including phenoxy) is 1. The van der Waals surface area contributed by atoms with Gasteiger partial charge in [0.25, 0.3) is 5.91 Å². The van der Waals surface area contributed by atoms with E-state index >= 15 is 0 Å². The number of likely N-dealkylation sites (tertiary alicyclic amines) is 1. The molecule has 2 amide bonds. The molecule has 35 heavy (non-hydrogen) atoms. The van der Waals surface area contributed by atoms with Gasteiger partial charge in [0, 0.05) is 42.3 Å². The maximum atomic E-state index is 13.2. The molecule has 4 fully saturated rings. The molecule has 4 aliphatic rings. The molecule has 2 atom stereocenters. The zero-order valence-corrected chi connectivity index (χ0v) is 21.1. The number of Topliss-reactive ketones (excluding diaryl/α,β-unsaturated/α-hetero) is 1. The lowest BCUT2D eigenvalue weighted by molar-refractivity contribution is -0.189. The van der Waals surface area contributed by atoms with Crippen LogP contribution in [0.2, 0.25) is 0 Å². The molecule has 2 saturated heterocycles. The number of rotatable bonds is 7. The van der Waals surface area contributed by atoms with Crippen LogP contribution < -0.4 is 5.32 Å². The molecule has 1 aromatic rings. The van der Waals surface area contributed by atoms with Crippen molar-refractivity contribution in [1.82, 2.24) is 10.2 Å². The van der Waals surface area contributed by atoms with E-state index in [1.54, 1.807) is 0 Å². The summed E-state index contributed by atoms with van der Waals surface area (Å²) < 4.78 is 5.36. The monoisotopic (exact) mass is 480 g/mol. The Hall–Kier alpha value is -2.21. The summed E-state index contributed by atoms with van der Waals surface area (Å²) in [5.74, 6) is 0.924. The van der Waals surface area contributed by atoms with Crippen LogP contribution in [-0.4, -0.2) is 54.8 Å². The Morgan fingerprint density at radius 3 is 2.54 bits per heavy atom. The van der Waals surface area contributed by atoms with Gasteiger partial charge in [0.1, 0.15) is 0 Å². The largest absolute Gasteiger partial charge is 0.380 e. The molecule has 2 unspecified atom stereocenters. The molecule has 1 N–H and O–H groups in total. The van der Waals surface area contributed by atoms with E-state index in [-0.39, 0.29) is 35.5 Å². The van der Waals surface area contributed by atoms with Gasteiger partial charge in [0.2, 0.25) is 5.91 Å². The van der Waals surface area contributed by atoms with Crippen LogP contribution in [0.3, 0.4) is 0 Å². The third kappa shape index (κ3) is 5.18. The highest BCUT2D eigenvalue weighted by atomic mass is 16.5. The van der Waals surface area contributed by atoms with Crippen molar-refractivity contribution in [3.63, 3.8) is 0 Å². The molecule has 1 aromatic carbocycles. The average molecular weight is 481 g/mol. The first kappa shape index (κ1) is 24.5. The van der Waals surface area contributed by atoms with Gasteiger partial charge in [-0.25, -0.2) is 0 Å². The maximum Gasteiger partial charge on any atom is 0.251 e. The zero-order chi connectivity index (χ0) is 24.4. The molecule has 1 spiro atoms. The van der Waals surface area contributed by atoms with Crippen LogP contribution in [0.1, 0.15) is 93.0 Å². The minimum absolute atomic E-state index is 0.133. The molecule has 0 bridgehead atoms. The standard InChI is InChI=1S/C29H40N2O4/c1-2-25(32)26(20-8-4-3-5-9-20)30-27(33)22-11-6-10-21(14-22)23-12-7-13-31(17-23)28(34)24-15-29(16-24)18-35-19-29/h6,10-11,14,20,23-24,26H,2-5,7-9,12-13,15-19H2,1H3,(H,30,33). The highest BCUT2D eigenvalue weighted by molar-refractivity contribution is 5.98. The zero-order valence-electron chi connectivity index (χ0n) is 21.1. The summed E-state index contributed by atoms with van der Waals surface area (Å²) in [5.41, 5.74) is 2.02. The molecular formula is C29H40N2O4. The molecule has 190 valence electrons. The van der Waals surface area contributed by atoms with E-state index in [0.29, 0.717) is 23.3 Å². The molecule has 2 aliphatic carbocycles. The predicted octanol–water partition coefficient (Wildman–Crippen LogP) is 4.48. The topological polar surface area (TPSA) is 75.7 Å². The molecule has 6 heteroatoms. The Morgan fingerprint density at radius 1 is 1.09 bits per heavy atom. The Kier molecular flexibility index (Phi) is 7.29. The van der Waals surface area contributed by atoms with Gasteiger partial charge in [-0.1, -0.05) is 38.3 Å². The molecule has 0 radical (unpaired) electrons. The van der Waals surface area contributed by atoms with Crippen molar-refractivity contribution in [3.8, 4) is 0 Å². The second-order valence-electron chi connectivity index (χ2n) is 11.5. The summed E-state index contributed by atoms with van der Waals surface area (Å²) >= 11 is 0. The lowest BCUT2D eigenvalue weighted by atomic mass is 9.60. The third-order valence-electron chi connectivity index (χ3n) is 8.98. The van der Waals surface area contributed by atoms with Crippen LogP contribution in [0.15, 0.2) is 24.3 Å². The van der Waals surface area contributed by atoms with Gasteiger partial charge in [0.05, 0.1) is 19.3 Å². The predicted molar refractivity (Wildman–Crippen MR) is 134 cm³/mol. The average Bonchev–Trinajstić information content (AvgIpc) is 2.85. The van der Waals surface area contributed by atoms with E-state index in [0.717, 1.165) is 83.2 Å². The van der Waals surface area contributed by atoms with Crippen LogP contribution in [-0.2, 0) is 14.3 Å². The normalized spacial score (nSPS) is 25.4. The van der Waals surface area contributed by atoms with Gasteiger partial charge in [-0.05, 0) is 62.1 Å². The fourth-order valence-corrected chi connectivity index (χ4v) is 6.80. The van der Waals surface area contributed by atoms with Gasteiger partial charge in [-0.2, -0.15) is 0 Å². The quantitative estimate of drug-likeness (QED) is 0.625. The Balaban J connectivity index is 1.22. The van der Waals surface area contributed by atoms with Crippen molar-refractivity contribution in [2.24, 2.45) is 17.3 Å². The summed E-state index contributed by atoms with van der Waals surface area (Å²) in [6.07, 6.45) is 9.92. The van der Waals surface area contributed by atoms with Gasteiger partial charge >= 0.3 is 0 Å². The summed E-state index contributed by atoms with van der Waals surface area (Å²) in [6.45, 7) is 5.07. The van der Waals surface area contributed by atoms with E-state index in [1.807, 2.05) is 25.1 Å². The highest BCUT2D eigenvalue weighted by Gasteiger charge is 2.53. The van der Waals surface area contributed by atoms with E-state index < -0.39 is 0 Å². The van der Waals surface area contributed by atoms with Crippen molar-refractivity contribution in [2.75, 3.05) is 26.3 Å². The van der Waals surface area contributed by atoms with Gasteiger partial charge in [-0.15, -0.1) is 0 Å². The van der Waals surface area contributed by atoms with Crippen molar-refractivity contribution >= 4 is 17.6 Å². The van der Waals surface area contributed by atoms with Gasteiger partial charge in [-0.3, -0.25) is 14.4 Å².